The van der Waals surface area contributed by atoms with Crippen molar-refractivity contribution in [3.05, 3.63) is 138 Å². The van der Waals surface area contributed by atoms with Crippen LogP contribution in [0.1, 0.15) is 23.1 Å². The monoisotopic (exact) mass is 440 g/mol. The van der Waals surface area contributed by atoms with Gasteiger partial charge in [-0.3, -0.25) is 0 Å². The molecule has 29 heavy (non-hydrogen) atoms. The molecule has 0 amide bonds. The number of hydrogen-bond donors (Lipinski definition) is 0. The first-order chi connectivity index (χ1) is 14.4. The van der Waals surface area contributed by atoms with Crippen molar-refractivity contribution in [2.45, 2.75) is 11.7 Å². The van der Waals surface area contributed by atoms with Crippen molar-refractivity contribution < 1.29 is 0 Å². The predicted molar refractivity (Wildman–Crippen MR) is 126 cm³/mol. The van der Waals surface area contributed by atoms with Gasteiger partial charge in [-0.25, -0.2) is 0 Å². The third-order valence-corrected chi connectivity index (χ3v) is 7.04. The Hall–Kier alpha value is -2.86. The second-order valence-electron chi connectivity index (χ2n) is 6.86. The van der Waals surface area contributed by atoms with Crippen LogP contribution in [0.15, 0.2) is 121 Å². The molecule has 0 bridgehead atoms. The number of allylic oxidation sites excluding steroid dienone is 1. The van der Waals surface area contributed by atoms with Gasteiger partial charge in [-0.2, -0.15) is 0 Å². The van der Waals surface area contributed by atoms with E-state index in [-0.39, 0.29) is 0 Å². The third-order valence-electron chi connectivity index (χ3n) is 4.91. The summed E-state index contributed by atoms with van der Waals surface area (Å²) in [5, 5.41) is 1.18. The van der Waals surface area contributed by atoms with Crippen LogP contribution < -0.4 is 4.46 Å². The van der Waals surface area contributed by atoms with Crippen LogP contribution in [0.3, 0.4) is 0 Å². The van der Waals surface area contributed by atoms with Crippen molar-refractivity contribution in [2.75, 3.05) is 0 Å². The molecular formula is C28H24Se. The summed E-state index contributed by atoms with van der Waals surface area (Å²) in [4.78, 5) is 0. The molecule has 142 valence electrons. The summed E-state index contributed by atoms with van der Waals surface area (Å²) in [7, 11) is 0. The van der Waals surface area contributed by atoms with E-state index in [9.17, 15) is 0 Å². The molecule has 0 nitrogen and oxygen atoms in total. The zero-order chi connectivity index (χ0) is 19.7. The summed E-state index contributed by atoms with van der Waals surface area (Å²) in [5.41, 5.74) is 6.66. The average molecular weight is 439 g/mol. The van der Waals surface area contributed by atoms with Crippen molar-refractivity contribution in [1.82, 2.24) is 0 Å². The molecule has 0 fully saturated rings. The maximum absolute atomic E-state index is 2.25. The quantitative estimate of drug-likeness (QED) is 0.228. The molecular weight excluding hydrogens is 415 g/mol. The second kappa shape index (κ2) is 10.1. The molecule has 4 rings (SSSR count). The van der Waals surface area contributed by atoms with Crippen LogP contribution >= 0.6 is 0 Å². The van der Waals surface area contributed by atoms with Crippen molar-refractivity contribution in [1.29, 1.82) is 0 Å². The van der Waals surface area contributed by atoms with Gasteiger partial charge >= 0.3 is 180 Å². The molecule has 0 spiro atoms. The molecule has 0 saturated heterocycles. The number of hydrogen-bond acceptors (Lipinski definition) is 0. The Morgan fingerprint density at radius 1 is 0.483 bits per heavy atom. The Balaban J connectivity index is 1.77. The van der Waals surface area contributed by atoms with Crippen molar-refractivity contribution in [3.8, 4) is 0 Å². The van der Waals surface area contributed by atoms with E-state index in [1.54, 1.807) is 0 Å². The molecule has 0 N–H and O–H groups in total. The Bertz CT molecular complexity index is 995. The van der Waals surface area contributed by atoms with Crippen molar-refractivity contribution >= 4 is 30.6 Å². The third kappa shape index (κ3) is 5.15. The Morgan fingerprint density at radius 2 is 0.897 bits per heavy atom. The average Bonchev–Trinajstić information content (AvgIpc) is 2.81. The van der Waals surface area contributed by atoms with Gasteiger partial charge in [0.25, 0.3) is 0 Å². The summed E-state index contributed by atoms with van der Waals surface area (Å²) >= 11 is 0.472. The van der Waals surface area contributed by atoms with E-state index in [0.29, 0.717) is 15.0 Å². The Kier molecular flexibility index (Phi) is 6.76. The molecule has 0 unspecified atom stereocenters. The van der Waals surface area contributed by atoms with E-state index in [4.69, 9.17) is 0 Å². The minimum absolute atomic E-state index is 0.472. The van der Waals surface area contributed by atoms with Gasteiger partial charge in [-0.15, -0.1) is 0 Å². The normalized spacial score (nSPS) is 10.5. The van der Waals surface area contributed by atoms with Gasteiger partial charge in [0.2, 0.25) is 0 Å². The summed E-state index contributed by atoms with van der Waals surface area (Å²) in [6.07, 6.45) is 1.07. The van der Waals surface area contributed by atoms with Crippen LogP contribution in [0.5, 0.6) is 0 Å². The molecule has 0 radical (unpaired) electrons. The first-order valence-electron chi connectivity index (χ1n) is 9.99. The SMILES string of the molecule is c1ccc([Se]CCC(=C(c2ccccc2)c2ccccc2)c2ccccc2)cc1. The molecule has 0 aliphatic heterocycles. The zero-order valence-corrected chi connectivity index (χ0v) is 18.1. The van der Waals surface area contributed by atoms with E-state index in [2.05, 4.69) is 121 Å². The number of rotatable bonds is 7. The molecule has 4 aromatic rings. The van der Waals surface area contributed by atoms with Gasteiger partial charge in [0, 0.05) is 0 Å². The van der Waals surface area contributed by atoms with Crippen LogP contribution in [-0.4, -0.2) is 15.0 Å². The molecule has 4 aromatic carbocycles. The van der Waals surface area contributed by atoms with E-state index >= 15 is 0 Å². The zero-order valence-electron chi connectivity index (χ0n) is 16.4. The van der Waals surface area contributed by atoms with Gasteiger partial charge in [-0.1, -0.05) is 0 Å². The first-order valence-corrected chi connectivity index (χ1v) is 12.1. The fraction of sp³-hybridized carbons (Fsp3) is 0.0714. The van der Waals surface area contributed by atoms with Gasteiger partial charge < -0.3 is 0 Å². The predicted octanol–water partition coefficient (Wildman–Crippen LogP) is 6.48. The summed E-state index contributed by atoms with van der Waals surface area (Å²) < 4.78 is 1.47. The molecule has 1 heteroatoms. The van der Waals surface area contributed by atoms with Crippen LogP contribution in [0.2, 0.25) is 5.32 Å². The van der Waals surface area contributed by atoms with Crippen molar-refractivity contribution in [3.63, 3.8) is 0 Å². The molecule has 0 atom stereocenters. The summed E-state index contributed by atoms with van der Waals surface area (Å²) in [5.74, 6) is 0. The van der Waals surface area contributed by atoms with E-state index in [0.717, 1.165) is 6.42 Å². The van der Waals surface area contributed by atoms with Gasteiger partial charge in [0.1, 0.15) is 0 Å². The Labute approximate surface area is 180 Å². The second-order valence-corrected chi connectivity index (χ2v) is 9.31. The van der Waals surface area contributed by atoms with Crippen LogP contribution in [0.25, 0.3) is 11.1 Å². The molecule has 0 aliphatic carbocycles. The fourth-order valence-electron chi connectivity index (χ4n) is 3.57. The fourth-order valence-corrected chi connectivity index (χ4v) is 5.44. The van der Waals surface area contributed by atoms with E-state index in [1.165, 1.54) is 37.6 Å². The maximum atomic E-state index is 2.25. The molecule has 0 heterocycles. The van der Waals surface area contributed by atoms with Crippen LogP contribution in [0.4, 0.5) is 0 Å². The molecule has 0 aromatic heterocycles. The van der Waals surface area contributed by atoms with Gasteiger partial charge in [-0.05, 0) is 0 Å². The molecule has 0 aliphatic rings. The summed E-state index contributed by atoms with van der Waals surface area (Å²) in [6, 6.07) is 43.4. The van der Waals surface area contributed by atoms with E-state index < -0.39 is 0 Å². The summed E-state index contributed by atoms with van der Waals surface area (Å²) in [6.45, 7) is 0. The first kappa shape index (κ1) is 19.5. The van der Waals surface area contributed by atoms with Crippen LogP contribution in [-0.2, 0) is 0 Å². The van der Waals surface area contributed by atoms with Gasteiger partial charge in [0.05, 0.1) is 0 Å². The van der Waals surface area contributed by atoms with E-state index in [1.807, 2.05) is 0 Å². The minimum atomic E-state index is 0.472. The topological polar surface area (TPSA) is 0 Å². The van der Waals surface area contributed by atoms with Crippen molar-refractivity contribution in [2.24, 2.45) is 0 Å². The van der Waals surface area contributed by atoms with Gasteiger partial charge in [0.15, 0.2) is 0 Å². The van der Waals surface area contributed by atoms with Crippen LogP contribution in [0, 0.1) is 0 Å². The standard InChI is InChI=1S/C28H24Se/c1-5-13-23(14-6-1)27(21-22-29-26-19-11-4-12-20-26)28(24-15-7-2-8-16-24)25-17-9-3-10-18-25/h1-20H,21-22H2. The molecule has 0 saturated carbocycles. The Morgan fingerprint density at radius 3 is 1.38 bits per heavy atom. The number of benzene rings is 4.